The summed E-state index contributed by atoms with van der Waals surface area (Å²) in [5, 5.41) is 8.76. The van der Waals surface area contributed by atoms with E-state index in [1.54, 1.807) is 17.0 Å². The van der Waals surface area contributed by atoms with Crippen LogP contribution < -0.4 is 5.73 Å². The zero-order chi connectivity index (χ0) is 13.1. The Bertz CT molecular complexity index is 475. The second-order valence-electron chi connectivity index (χ2n) is 4.56. The summed E-state index contributed by atoms with van der Waals surface area (Å²) in [5.74, 6) is 0.284. The van der Waals surface area contributed by atoms with E-state index in [-0.39, 0.29) is 18.0 Å². The van der Waals surface area contributed by atoms with Gasteiger partial charge in [0.1, 0.15) is 0 Å². The largest absolute Gasteiger partial charge is 0.327 e. The summed E-state index contributed by atoms with van der Waals surface area (Å²) in [6.45, 7) is 2.57. The molecule has 18 heavy (non-hydrogen) atoms. The van der Waals surface area contributed by atoms with Crippen LogP contribution in [0, 0.1) is 11.3 Å². The van der Waals surface area contributed by atoms with Crippen molar-refractivity contribution in [2.45, 2.75) is 31.8 Å². The van der Waals surface area contributed by atoms with Crippen molar-refractivity contribution in [2.24, 2.45) is 5.73 Å². The first-order valence-electron chi connectivity index (χ1n) is 6.22. The third kappa shape index (κ3) is 2.22. The highest BCUT2D eigenvalue weighted by molar-refractivity contribution is 5.76. The quantitative estimate of drug-likeness (QED) is 0.857. The lowest BCUT2D eigenvalue weighted by molar-refractivity contribution is -0.131. The van der Waals surface area contributed by atoms with Crippen molar-refractivity contribution >= 4 is 5.91 Å². The summed E-state index contributed by atoms with van der Waals surface area (Å²) in [4.78, 5) is 13.5. The SMILES string of the molecule is CCC(=O)N1CCC(c2ccc(C#N)cc2)C1N. The fourth-order valence-corrected chi connectivity index (χ4v) is 2.48. The Morgan fingerprint density at radius 3 is 2.72 bits per heavy atom. The van der Waals surface area contributed by atoms with Gasteiger partial charge in [0.2, 0.25) is 5.91 Å². The maximum atomic E-state index is 11.7. The zero-order valence-electron chi connectivity index (χ0n) is 10.5. The molecule has 2 unspecified atom stereocenters. The Kier molecular flexibility index (Phi) is 3.63. The number of hydrogen-bond donors (Lipinski definition) is 1. The van der Waals surface area contributed by atoms with Crippen molar-refractivity contribution in [1.29, 1.82) is 5.26 Å². The Hall–Kier alpha value is -1.86. The van der Waals surface area contributed by atoms with Crippen LogP contribution in [-0.2, 0) is 4.79 Å². The summed E-state index contributed by atoms with van der Waals surface area (Å²) in [6, 6.07) is 9.56. The van der Waals surface area contributed by atoms with Gasteiger partial charge >= 0.3 is 0 Å². The van der Waals surface area contributed by atoms with Crippen LogP contribution in [0.2, 0.25) is 0 Å². The van der Waals surface area contributed by atoms with Gasteiger partial charge in [-0.15, -0.1) is 0 Å². The third-order valence-electron chi connectivity index (χ3n) is 3.54. The molecule has 0 bridgehead atoms. The monoisotopic (exact) mass is 243 g/mol. The highest BCUT2D eigenvalue weighted by Gasteiger charge is 2.34. The molecule has 2 atom stereocenters. The lowest BCUT2D eigenvalue weighted by atomic mass is 9.95. The summed E-state index contributed by atoms with van der Waals surface area (Å²) >= 11 is 0. The second kappa shape index (κ2) is 5.19. The standard InChI is InChI=1S/C14H17N3O/c1-2-13(18)17-8-7-12(14(17)16)11-5-3-10(9-15)4-6-11/h3-6,12,14H,2,7-8,16H2,1H3. The molecule has 2 N–H and O–H groups in total. The first kappa shape index (κ1) is 12.6. The summed E-state index contributed by atoms with van der Waals surface area (Å²) in [6.07, 6.45) is 1.14. The van der Waals surface area contributed by atoms with Gasteiger partial charge < -0.3 is 10.6 Å². The van der Waals surface area contributed by atoms with E-state index in [1.165, 1.54) is 0 Å². The summed E-state index contributed by atoms with van der Waals surface area (Å²) in [5.41, 5.74) is 7.89. The number of carbonyl (C=O) groups excluding carboxylic acids is 1. The maximum Gasteiger partial charge on any atom is 0.223 e. The Balaban J connectivity index is 2.15. The molecule has 2 rings (SSSR count). The fourth-order valence-electron chi connectivity index (χ4n) is 2.48. The minimum Gasteiger partial charge on any atom is -0.327 e. The first-order chi connectivity index (χ1) is 8.67. The molecule has 1 aliphatic heterocycles. The highest BCUT2D eigenvalue weighted by Crippen LogP contribution is 2.31. The normalized spacial score (nSPS) is 22.8. The lowest BCUT2D eigenvalue weighted by Gasteiger charge is -2.24. The number of likely N-dealkylation sites (tertiary alicyclic amines) is 1. The van der Waals surface area contributed by atoms with Gasteiger partial charge in [0, 0.05) is 18.9 Å². The number of hydrogen-bond acceptors (Lipinski definition) is 3. The van der Waals surface area contributed by atoms with Crippen LogP contribution in [0.25, 0.3) is 0 Å². The van der Waals surface area contributed by atoms with Crippen molar-refractivity contribution < 1.29 is 4.79 Å². The molecule has 4 nitrogen and oxygen atoms in total. The molecule has 1 aromatic rings. The lowest BCUT2D eigenvalue weighted by Crippen LogP contribution is -2.43. The minimum atomic E-state index is -0.245. The Morgan fingerprint density at radius 1 is 1.50 bits per heavy atom. The van der Waals surface area contributed by atoms with E-state index in [9.17, 15) is 4.79 Å². The number of nitrogens with zero attached hydrogens (tertiary/aromatic N) is 2. The van der Waals surface area contributed by atoms with E-state index < -0.39 is 0 Å². The van der Waals surface area contributed by atoms with Crippen molar-refractivity contribution in [3.63, 3.8) is 0 Å². The minimum absolute atomic E-state index is 0.110. The average molecular weight is 243 g/mol. The number of amides is 1. The fraction of sp³-hybridized carbons (Fsp3) is 0.429. The van der Waals surface area contributed by atoms with E-state index in [2.05, 4.69) is 6.07 Å². The molecular formula is C14H17N3O. The maximum absolute atomic E-state index is 11.7. The van der Waals surface area contributed by atoms with Crippen LogP contribution in [0.4, 0.5) is 0 Å². The molecule has 0 spiro atoms. The molecule has 1 heterocycles. The molecule has 0 aromatic heterocycles. The molecule has 1 aromatic carbocycles. The van der Waals surface area contributed by atoms with Gasteiger partial charge in [0.15, 0.2) is 0 Å². The van der Waals surface area contributed by atoms with Gasteiger partial charge in [0.05, 0.1) is 17.8 Å². The molecule has 94 valence electrons. The molecule has 1 aliphatic rings. The number of benzene rings is 1. The van der Waals surface area contributed by atoms with E-state index in [0.29, 0.717) is 12.0 Å². The Labute approximate surface area is 107 Å². The van der Waals surface area contributed by atoms with E-state index in [4.69, 9.17) is 11.0 Å². The van der Waals surface area contributed by atoms with Crippen LogP contribution in [0.15, 0.2) is 24.3 Å². The number of nitrogens with two attached hydrogens (primary N) is 1. The predicted octanol–water partition coefficient (Wildman–Crippen LogP) is 1.57. The van der Waals surface area contributed by atoms with Crippen molar-refractivity contribution in [3.05, 3.63) is 35.4 Å². The smallest absolute Gasteiger partial charge is 0.223 e. The Morgan fingerprint density at radius 2 is 2.17 bits per heavy atom. The molecule has 0 radical (unpaired) electrons. The summed E-state index contributed by atoms with van der Waals surface area (Å²) < 4.78 is 0. The van der Waals surface area contributed by atoms with Gasteiger partial charge in [-0.05, 0) is 24.1 Å². The highest BCUT2D eigenvalue weighted by atomic mass is 16.2. The number of carbonyl (C=O) groups is 1. The molecule has 1 saturated heterocycles. The van der Waals surface area contributed by atoms with Gasteiger partial charge in [-0.25, -0.2) is 0 Å². The molecule has 1 fully saturated rings. The van der Waals surface area contributed by atoms with E-state index >= 15 is 0 Å². The molecule has 4 heteroatoms. The molecule has 1 amide bonds. The first-order valence-corrected chi connectivity index (χ1v) is 6.22. The predicted molar refractivity (Wildman–Crippen MR) is 68.5 cm³/mol. The van der Waals surface area contributed by atoms with Crippen LogP contribution in [0.3, 0.4) is 0 Å². The van der Waals surface area contributed by atoms with Crippen LogP contribution in [0.5, 0.6) is 0 Å². The van der Waals surface area contributed by atoms with Crippen molar-refractivity contribution in [1.82, 2.24) is 4.90 Å². The van der Waals surface area contributed by atoms with E-state index in [1.807, 2.05) is 19.1 Å². The third-order valence-corrected chi connectivity index (χ3v) is 3.54. The van der Waals surface area contributed by atoms with Crippen molar-refractivity contribution in [2.75, 3.05) is 6.54 Å². The second-order valence-corrected chi connectivity index (χ2v) is 4.56. The van der Waals surface area contributed by atoms with Crippen molar-refractivity contribution in [3.8, 4) is 6.07 Å². The summed E-state index contributed by atoms with van der Waals surface area (Å²) in [7, 11) is 0. The van der Waals surface area contributed by atoms with Gasteiger partial charge in [0.25, 0.3) is 0 Å². The van der Waals surface area contributed by atoms with Gasteiger partial charge in [-0.3, -0.25) is 4.79 Å². The van der Waals surface area contributed by atoms with Crippen LogP contribution in [0.1, 0.15) is 36.8 Å². The van der Waals surface area contributed by atoms with Crippen LogP contribution in [-0.4, -0.2) is 23.5 Å². The molecular weight excluding hydrogens is 226 g/mol. The number of nitriles is 1. The molecule has 0 saturated carbocycles. The van der Waals surface area contributed by atoms with Gasteiger partial charge in [-0.1, -0.05) is 19.1 Å². The van der Waals surface area contributed by atoms with Crippen LogP contribution >= 0.6 is 0 Å². The average Bonchev–Trinajstić information content (AvgIpc) is 2.80. The van der Waals surface area contributed by atoms with Gasteiger partial charge in [-0.2, -0.15) is 5.26 Å². The zero-order valence-corrected chi connectivity index (χ0v) is 10.5. The van der Waals surface area contributed by atoms with E-state index in [0.717, 1.165) is 18.5 Å². The molecule has 0 aliphatic carbocycles. The topological polar surface area (TPSA) is 70.1 Å². The number of rotatable bonds is 2.